The molecule has 5 rings (SSSR count). The average molecular weight is 381 g/mol. The number of thiophene rings is 1. The highest BCUT2D eigenvalue weighted by Gasteiger charge is 2.48. The van der Waals surface area contributed by atoms with Gasteiger partial charge in [-0.25, -0.2) is 0 Å². The van der Waals surface area contributed by atoms with Gasteiger partial charge in [0, 0.05) is 16.3 Å². The predicted molar refractivity (Wildman–Crippen MR) is 105 cm³/mol. The number of fused-ring (bicyclic) bond motifs is 4. The van der Waals surface area contributed by atoms with E-state index in [1.165, 1.54) is 24.2 Å². The van der Waals surface area contributed by atoms with Gasteiger partial charge >= 0.3 is 0 Å². The largest absolute Gasteiger partial charge is 0.497 e. The molecule has 4 heterocycles. The molecule has 25 heavy (non-hydrogen) atoms. The zero-order chi connectivity index (χ0) is 16.9. The van der Waals surface area contributed by atoms with Gasteiger partial charge in [0.15, 0.2) is 0 Å². The minimum Gasteiger partial charge on any atom is -0.497 e. The van der Waals surface area contributed by atoms with Crippen molar-refractivity contribution < 1.29 is 9.53 Å². The normalized spacial score (nSPS) is 26.9. The van der Waals surface area contributed by atoms with Crippen LogP contribution in [0.3, 0.4) is 0 Å². The summed E-state index contributed by atoms with van der Waals surface area (Å²) in [5.41, 5.74) is 0.0384. The fourth-order valence-electron chi connectivity index (χ4n) is 4.34. The molecule has 2 bridgehead atoms. The molecule has 0 aliphatic carbocycles. The van der Waals surface area contributed by atoms with Crippen LogP contribution in [-0.2, 0) is 0 Å². The van der Waals surface area contributed by atoms with Gasteiger partial charge in [-0.05, 0) is 75.3 Å². The van der Waals surface area contributed by atoms with E-state index in [2.05, 4.69) is 24.1 Å². The minimum absolute atomic E-state index is 0. The third kappa shape index (κ3) is 3.14. The van der Waals surface area contributed by atoms with E-state index in [0.717, 1.165) is 33.8 Å². The van der Waals surface area contributed by atoms with Gasteiger partial charge in [-0.3, -0.25) is 9.69 Å². The number of nitrogens with zero attached hydrogens (tertiary/aromatic N) is 1. The molecule has 1 atom stereocenters. The maximum absolute atomic E-state index is 12.9. The molecule has 1 aromatic heterocycles. The zero-order valence-electron chi connectivity index (χ0n) is 14.9. The van der Waals surface area contributed by atoms with Gasteiger partial charge < -0.3 is 10.1 Å². The van der Waals surface area contributed by atoms with Crippen molar-refractivity contribution in [3.63, 3.8) is 0 Å². The van der Waals surface area contributed by atoms with Crippen molar-refractivity contribution in [1.82, 2.24) is 10.2 Å². The number of rotatable bonds is 3. The van der Waals surface area contributed by atoms with Crippen LogP contribution in [0.15, 0.2) is 24.3 Å². The number of piperidine rings is 3. The highest BCUT2D eigenvalue weighted by Crippen LogP contribution is 2.39. The van der Waals surface area contributed by atoms with E-state index in [1.807, 2.05) is 24.3 Å². The number of nitrogens with one attached hydrogen (secondary N) is 1. The molecule has 0 radical (unpaired) electrons. The molecule has 136 valence electrons. The summed E-state index contributed by atoms with van der Waals surface area (Å²) in [5.74, 6) is 1.49. The first-order chi connectivity index (χ1) is 11.5. The smallest absolute Gasteiger partial charge is 0.261 e. The minimum atomic E-state index is 0. The number of benzene rings is 1. The molecule has 3 aliphatic heterocycles. The third-order valence-electron chi connectivity index (χ3n) is 5.82. The van der Waals surface area contributed by atoms with E-state index < -0.39 is 0 Å². The lowest BCUT2D eigenvalue weighted by molar-refractivity contribution is -0.0377. The molecule has 1 aromatic carbocycles. The van der Waals surface area contributed by atoms with Crippen LogP contribution in [0.5, 0.6) is 5.75 Å². The molecule has 1 N–H and O–H groups in total. The maximum Gasteiger partial charge on any atom is 0.261 e. The van der Waals surface area contributed by atoms with Crippen LogP contribution in [0.1, 0.15) is 36.4 Å². The summed E-state index contributed by atoms with van der Waals surface area (Å²) in [6.07, 6.45) is 2.38. The van der Waals surface area contributed by atoms with Crippen LogP contribution >= 0.6 is 23.7 Å². The standard InChI is InChI=1S/C19H24N2O2S.ClH/c1-19(2)17(12-6-8-21(19)9-7-12)20-18(22)16-10-13-4-5-14(23-3)11-15(13)24-16;/h4-5,10-12,17H,6-9H2,1-3H3,(H,20,22);1H/t17-;/m1./s1. The van der Waals surface area contributed by atoms with E-state index in [0.29, 0.717) is 5.92 Å². The van der Waals surface area contributed by atoms with Gasteiger partial charge in [0.2, 0.25) is 0 Å². The van der Waals surface area contributed by atoms with Gasteiger partial charge in [0.05, 0.1) is 12.0 Å². The number of hydrogen-bond acceptors (Lipinski definition) is 4. The summed E-state index contributed by atoms with van der Waals surface area (Å²) in [7, 11) is 1.66. The van der Waals surface area contributed by atoms with Crippen molar-refractivity contribution in [2.45, 2.75) is 38.3 Å². The average Bonchev–Trinajstić information content (AvgIpc) is 3.01. The molecular formula is C19H25ClN2O2S. The third-order valence-corrected chi connectivity index (χ3v) is 6.92. The van der Waals surface area contributed by atoms with Crippen molar-refractivity contribution in [1.29, 1.82) is 0 Å². The van der Waals surface area contributed by atoms with Crippen molar-refractivity contribution in [3.8, 4) is 5.75 Å². The second-order valence-corrected chi connectivity index (χ2v) is 8.53. The van der Waals surface area contributed by atoms with E-state index in [-0.39, 0.29) is 29.9 Å². The van der Waals surface area contributed by atoms with Gasteiger partial charge in [0.25, 0.3) is 5.91 Å². The van der Waals surface area contributed by atoms with Crippen LogP contribution in [0.4, 0.5) is 0 Å². The second-order valence-electron chi connectivity index (χ2n) is 7.44. The molecule has 6 heteroatoms. The van der Waals surface area contributed by atoms with E-state index in [4.69, 9.17) is 4.74 Å². The maximum atomic E-state index is 12.9. The molecular weight excluding hydrogens is 356 g/mol. The van der Waals surface area contributed by atoms with Crippen molar-refractivity contribution in [2.24, 2.45) is 5.92 Å². The summed E-state index contributed by atoms with van der Waals surface area (Å²) >= 11 is 1.54. The summed E-state index contributed by atoms with van der Waals surface area (Å²) in [6.45, 7) is 6.84. The van der Waals surface area contributed by atoms with Gasteiger partial charge in [-0.15, -0.1) is 23.7 Å². The molecule has 0 spiro atoms. The first-order valence-electron chi connectivity index (χ1n) is 8.62. The van der Waals surface area contributed by atoms with E-state index >= 15 is 0 Å². The SMILES string of the molecule is COc1ccc2cc(C(=O)N[C@@H]3C4CCN(CC4)C3(C)C)sc2c1.Cl. The summed E-state index contributed by atoms with van der Waals surface area (Å²) in [5, 5.41) is 4.44. The number of carbonyl (C=O) groups is 1. The zero-order valence-corrected chi connectivity index (χ0v) is 16.5. The second kappa shape index (κ2) is 6.78. The fraction of sp³-hybridized carbons (Fsp3) is 0.526. The van der Waals surface area contributed by atoms with Crippen LogP contribution in [0.25, 0.3) is 10.1 Å². The number of halogens is 1. The Labute approximate surface area is 158 Å². The predicted octanol–water partition coefficient (Wildman–Crippen LogP) is 3.93. The topological polar surface area (TPSA) is 41.6 Å². The lowest BCUT2D eigenvalue weighted by Crippen LogP contribution is -2.69. The van der Waals surface area contributed by atoms with Gasteiger partial charge in [-0.1, -0.05) is 0 Å². The number of ether oxygens (including phenoxy) is 1. The molecule has 3 aliphatic rings. The molecule has 2 aromatic rings. The number of hydrogen-bond donors (Lipinski definition) is 1. The molecule has 4 nitrogen and oxygen atoms in total. The monoisotopic (exact) mass is 380 g/mol. The lowest BCUT2D eigenvalue weighted by atomic mass is 9.72. The van der Waals surface area contributed by atoms with Crippen LogP contribution < -0.4 is 10.1 Å². The van der Waals surface area contributed by atoms with E-state index in [1.54, 1.807) is 7.11 Å². The first kappa shape index (κ1) is 18.5. The van der Waals surface area contributed by atoms with Crippen LogP contribution in [0.2, 0.25) is 0 Å². The Kier molecular flexibility index (Phi) is 5.02. The molecule has 1 amide bonds. The van der Waals surface area contributed by atoms with Crippen molar-refractivity contribution in [3.05, 3.63) is 29.1 Å². The Morgan fingerprint density at radius 1 is 1.28 bits per heavy atom. The molecule has 0 saturated carbocycles. The molecule has 3 fully saturated rings. The van der Waals surface area contributed by atoms with E-state index in [9.17, 15) is 4.79 Å². The number of amides is 1. The summed E-state index contributed by atoms with van der Waals surface area (Å²) in [4.78, 5) is 16.2. The Hall–Kier alpha value is -1.30. The quantitative estimate of drug-likeness (QED) is 0.877. The fourth-order valence-corrected chi connectivity index (χ4v) is 5.33. The first-order valence-corrected chi connectivity index (χ1v) is 9.44. The Morgan fingerprint density at radius 2 is 2.00 bits per heavy atom. The Balaban J connectivity index is 0.00000182. The summed E-state index contributed by atoms with van der Waals surface area (Å²) < 4.78 is 6.37. The van der Waals surface area contributed by atoms with Crippen LogP contribution in [0, 0.1) is 5.92 Å². The lowest BCUT2D eigenvalue weighted by Gasteiger charge is -2.56. The number of methoxy groups -OCH3 is 1. The van der Waals surface area contributed by atoms with Gasteiger partial charge in [-0.2, -0.15) is 0 Å². The molecule has 0 unspecified atom stereocenters. The Bertz CT molecular complexity index is 781. The number of carbonyl (C=O) groups excluding carboxylic acids is 1. The highest BCUT2D eigenvalue weighted by atomic mass is 35.5. The highest BCUT2D eigenvalue weighted by molar-refractivity contribution is 7.20. The van der Waals surface area contributed by atoms with Crippen molar-refractivity contribution >= 4 is 39.7 Å². The van der Waals surface area contributed by atoms with Crippen molar-refractivity contribution in [2.75, 3.05) is 20.2 Å². The summed E-state index contributed by atoms with van der Waals surface area (Å²) in [6, 6.07) is 8.16. The molecule has 3 saturated heterocycles. The van der Waals surface area contributed by atoms with Crippen LogP contribution in [-0.4, -0.2) is 42.6 Å². The Morgan fingerprint density at radius 3 is 2.64 bits per heavy atom. The van der Waals surface area contributed by atoms with Gasteiger partial charge in [0.1, 0.15) is 5.75 Å².